The standard InChI is InChI=1S/C15H17ClN4O3/c1-15(2,3)23-14(22)20-5-4-8-10(7-20)9-6-11(16)18-19-12(9)17-13(8)21/h6H,4-5,7H2,1-3H3,(H,17,19,21). The minimum absolute atomic E-state index is 0.201. The van der Waals surface area contributed by atoms with E-state index in [0.717, 1.165) is 5.56 Å². The molecular formula is C15H17ClN4O3. The summed E-state index contributed by atoms with van der Waals surface area (Å²) in [4.78, 5) is 28.7. The third-order valence-corrected chi connectivity index (χ3v) is 3.78. The second kappa shape index (κ2) is 5.49. The summed E-state index contributed by atoms with van der Waals surface area (Å²) in [7, 11) is 0. The van der Waals surface area contributed by atoms with Crippen molar-refractivity contribution in [3.05, 3.63) is 32.7 Å². The molecule has 1 aliphatic rings. The van der Waals surface area contributed by atoms with E-state index in [0.29, 0.717) is 29.6 Å². The van der Waals surface area contributed by atoms with E-state index < -0.39 is 11.7 Å². The maximum absolute atomic E-state index is 12.3. The number of ether oxygens (including phenoxy) is 1. The lowest BCUT2D eigenvalue weighted by Crippen LogP contribution is -2.41. The lowest BCUT2D eigenvalue weighted by atomic mass is 9.99. The number of carbonyl (C=O) groups excluding carboxylic acids is 1. The van der Waals surface area contributed by atoms with Crippen LogP contribution in [0.15, 0.2) is 10.9 Å². The zero-order valence-corrected chi connectivity index (χ0v) is 13.9. The maximum Gasteiger partial charge on any atom is 0.410 e. The van der Waals surface area contributed by atoms with E-state index in [-0.39, 0.29) is 17.3 Å². The molecule has 122 valence electrons. The summed E-state index contributed by atoms with van der Waals surface area (Å²) in [6, 6.07) is 1.65. The molecule has 2 aromatic heterocycles. The highest BCUT2D eigenvalue weighted by molar-refractivity contribution is 6.29. The number of pyridine rings is 1. The van der Waals surface area contributed by atoms with Crippen molar-refractivity contribution < 1.29 is 9.53 Å². The van der Waals surface area contributed by atoms with Gasteiger partial charge in [-0.25, -0.2) is 4.79 Å². The highest BCUT2D eigenvalue weighted by Crippen LogP contribution is 2.25. The smallest absolute Gasteiger partial charge is 0.410 e. The highest BCUT2D eigenvalue weighted by Gasteiger charge is 2.28. The minimum Gasteiger partial charge on any atom is -0.444 e. The summed E-state index contributed by atoms with van der Waals surface area (Å²) in [5.74, 6) is 0. The fourth-order valence-electron chi connectivity index (χ4n) is 2.62. The third-order valence-electron chi connectivity index (χ3n) is 3.59. The molecule has 1 aliphatic heterocycles. The SMILES string of the molecule is CC(C)(C)OC(=O)N1CCc2c(c3cc(Cl)nnc3[nH]c2=O)C1. The number of aromatic amines is 1. The minimum atomic E-state index is -0.567. The second-order valence-electron chi connectivity index (χ2n) is 6.49. The Labute approximate surface area is 137 Å². The maximum atomic E-state index is 12.3. The number of fused-ring (bicyclic) bond motifs is 3. The topological polar surface area (TPSA) is 88.2 Å². The molecule has 0 unspecified atom stereocenters. The molecule has 2 aromatic rings. The van der Waals surface area contributed by atoms with Gasteiger partial charge in [0.1, 0.15) is 5.60 Å². The van der Waals surface area contributed by atoms with Crippen molar-refractivity contribution in [2.75, 3.05) is 6.54 Å². The van der Waals surface area contributed by atoms with Crippen molar-refractivity contribution in [3.8, 4) is 0 Å². The summed E-state index contributed by atoms with van der Waals surface area (Å²) < 4.78 is 5.41. The van der Waals surface area contributed by atoms with Crippen molar-refractivity contribution in [1.29, 1.82) is 0 Å². The Hall–Kier alpha value is -2.15. The summed E-state index contributed by atoms with van der Waals surface area (Å²) in [5, 5.41) is 8.59. The molecule has 0 saturated heterocycles. The number of amides is 1. The molecule has 3 heterocycles. The van der Waals surface area contributed by atoms with Gasteiger partial charge in [0.25, 0.3) is 5.56 Å². The first-order valence-electron chi connectivity index (χ1n) is 7.29. The van der Waals surface area contributed by atoms with Gasteiger partial charge in [0, 0.05) is 17.5 Å². The van der Waals surface area contributed by atoms with Gasteiger partial charge < -0.3 is 14.6 Å². The largest absolute Gasteiger partial charge is 0.444 e. The first-order chi connectivity index (χ1) is 10.7. The molecule has 0 aromatic carbocycles. The van der Waals surface area contributed by atoms with Crippen molar-refractivity contribution in [1.82, 2.24) is 20.1 Å². The predicted octanol–water partition coefficient (Wildman–Crippen LogP) is 2.26. The Bertz CT molecular complexity index is 841. The summed E-state index contributed by atoms with van der Waals surface area (Å²) in [5.41, 5.74) is 0.999. The number of H-pyrrole nitrogens is 1. The van der Waals surface area contributed by atoms with Crippen LogP contribution in [0, 0.1) is 0 Å². The monoisotopic (exact) mass is 336 g/mol. The van der Waals surface area contributed by atoms with Gasteiger partial charge in [-0.05, 0) is 38.8 Å². The zero-order chi connectivity index (χ0) is 16.8. The average molecular weight is 337 g/mol. The molecule has 3 rings (SSSR count). The number of aromatic nitrogens is 3. The van der Waals surface area contributed by atoms with E-state index >= 15 is 0 Å². The number of hydrogen-bond acceptors (Lipinski definition) is 5. The summed E-state index contributed by atoms with van der Waals surface area (Å²) in [6.07, 6.45) is 0.0597. The molecule has 0 saturated carbocycles. The fourth-order valence-corrected chi connectivity index (χ4v) is 2.76. The van der Waals surface area contributed by atoms with Gasteiger partial charge >= 0.3 is 6.09 Å². The van der Waals surface area contributed by atoms with Crippen molar-refractivity contribution in [3.63, 3.8) is 0 Å². The van der Waals surface area contributed by atoms with Gasteiger partial charge in [0.15, 0.2) is 10.8 Å². The van der Waals surface area contributed by atoms with Gasteiger partial charge in [-0.15, -0.1) is 10.2 Å². The van der Waals surface area contributed by atoms with E-state index in [9.17, 15) is 9.59 Å². The van der Waals surface area contributed by atoms with Crippen molar-refractivity contribution in [2.45, 2.75) is 39.3 Å². The van der Waals surface area contributed by atoms with Crippen LogP contribution >= 0.6 is 11.6 Å². The second-order valence-corrected chi connectivity index (χ2v) is 6.88. The first kappa shape index (κ1) is 15.7. The van der Waals surface area contributed by atoms with Crippen LogP contribution in [0.3, 0.4) is 0 Å². The Morgan fingerprint density at radius 2 is 2.09 bits per heavy atom. The molecule has 0 fully saturated rings. The molecule has 23 heavy (non-hydrogen) atoms. The molecule has 0 spiro atoms. The Morgan fingerprint density at radius 1 is 1.35 bits per heavy atom. The lowest BCUT2D eigenvalue weighted by molar-refractivity contribution is 0.0224. The number of carbonyl (C=O) groups is 1. The Kier molecular flexibility index (Phi) is 3.75. The Morgan fingerprint density at radius 3 is 2.78 bits per heavy atom. The van der Waals surface area contributed by atoms with Crippen LogP contribution in [0.1, 0.15) is 31.9 Å². The van der Waals surface area contributed by atoms with Crippen LogP contribution < -0.4 is 5.56 Å². The van der Waals surface area contributed by atoms with Crippen molar-refractivity contribution >= 4 is 28.7 Å². The lowest BCUT2D eigenvalue weighted by Gasteiger charge is -2.31. The van der Waals surface area contributed by atoms with Gasteiger partial charge in [0.05, 0.1) is 6.54 Å². The van der Waals surface area contributed by atoms with Crippen LogP contribution in [-0.2, 0) is 17.7 Å². The predicted molar refractivity (Wildman–Crippen MR) is 85.5 cm³/mol. The third kappa shape index (κ3) is 3.14. The van der Waals surface area contributed by atoms with E-state index in [1.54, 1.807) is 11.0 Å². The first-order valence-corrected chi connectivity index (χ1v) is 7.67. The normalized spacial score (nSPS) is 14.7. The van der Waals surface area contributed by atoms with E-state index in [1.807, 2.05) is 20.8 Å². The molecule has 0 aliphatic carbocycles. The quantitative estimate of drug-likeness (QED) is 0.797. The van der Waals surface area contributed by atoms with Crippen LogP contribution in [0.2, 0.25) is 5.15 Å². The van der Waals surface area contributed by atoms with Gasteiger partial charge in [-0.3, -0.25) is 4.79 Å². The molecule has 0 atom stereocenters. The Balaban J connectivity index is 2.02. The molecule has 0 bridgehead atoms. The molecule has 0 radical (unpaired) electrons. The molecule has 8 heteroatoms. The number of hydrogen-bond donors (Lipinski definition) is 1. The van der Waals surface area contributed by atoms with Crippen LogP contribution in [-0.4, -0.2) is 38.3 Å². The van der Waals surface area contributed by atoms with E-state index in [1.165, 1.54) is 0 Å². The molecule has 7 nitrogen and oxygen atoms in total. The molecular weight excluding hydrogens is 320 g/mol. The molecule has 1 amide bonds. The zero-order valence-electron chi connectivity index (χ0n) is 13.1. The van der Waals surface area contributed by atoms with Crippen molar-refractivity contribution in [2.24, 2.45) is 0 Å². The van der Waals surface area contributed by atoms with Gasteiger partial charge in [-0.1, -0.05) is 11.6 Å². The number of nitrogens with zero attached hydrogens (tertiary/aromatic N) is 3. The van der Waals surface area contributed by atoms with Crippen LogP contribution in [0.25, 0.3) is 11.0 Å². The number of nitrogens with one attached hydrogen (secondary N) is 1. The van der Waals surface area contributed by atoms with Crippen LogP contribution in [0.4, 0.5) is 4.79 Å². The number of halogens is 1. The van der Waals surface area contributed by atoms with Crippen LogP contribution in [0.5, 0.6) is 0 Å². The van der Waals surface area contributed by atoms with Gasteiger partial charge in [-0.2, -0.15) is 0 Å². The number of rotatable bonds is 0. The van der Waals surface area contributed by atoms with E-state index in [4.69, 9.17) is 16.3 Å². The van der Waals surface area contributed by atoms with E-state index in [2.05, 4.69) is 15.2 Å². The summed E-state index contributed by atoms with van der Waals surface area (Å²) >= 11 is 5.92. The molecule has 1 N–H and O–H groups in total. The fraction of sp³-hybridized carbons (Fsp3) is 0.467. The highest BCUT2D eigenvalue weighted by atomic mass is 35.5. The summed E-state index contributed by atoms with van der Waals surface area (Å²) in [6.45, 7) is 6.17. The average Bonchev–Trinajstić information content (AvgIpc) is 2.46. The van der Waals surface area contributed by atoms with Gasteiger partial charge in [0.2, 0.25) is 0 Å².